The molecule has 0 saturated heterocycles. The summed E-state index contributed by atoms with van der Waals surface area (Å²) in [4.78, 5) is 34.0. The summed E-state index contributed by atoms with van der Waals surface area (Å²) in [5, 5.41) is 22.7. The molecule has 3 aromatic carbocycles. The molecule has 0 bridgehead atoms. The van der Waals surface area contributed by atoms with E-state index in [1.807, 2.05) is 59.3 Å². The number of carbonyl (C=O) groups excluding carboxylic acids is 1. The number of fused-ring (bicyclic) bond motifs is 7. The van der Waals surface area contributed by atoms with Gasteiger partial charge in [0.2, 0.25) is 0 Å². The standard InChI is InChI=1S/C29H22N8O2/c30-27-26-28(33-13-32-26)36(14-34-27)11-15-12-37(23-10-24(38)17-3-1-2-4-18(17)25(15)23)29(39)22-9-19-16-7-8-31-20(16)5-6-21(19)35-22/h1-10,13-15,30-31,35,38H,11-12H2,(H,32,33)/t15-/m1/s1. The zero-order valence-electron chi connectivity index (χ0n) is 20.6. The van der Waals surface area contributed by atoms with Crippen LogP contribution in [-0.4, -0.2) is 47.0 Å². The molecule has 1 aliphatic rings. The molecular formula is C29H22N8O2. The molecule has 0 spiro atoms. The van der Waals surface area contributed by atoms with E-state index < -0.39 is 0 Å². The van der Waals surface area contributed by atoms with Gasteiger partial charge in [-0.2, -0.15) is 0 Å². The van der Waals surface area contributed by atoms with Gasteiger partial charge in [0.1, 0.15) is 17.0 Å². The van der Waals surface area contributed by atoms with Gasteiger partial charge in [-0.1, -0.05) is 24.3 Å². The molecule has 4 aromatic heterocycles. The van der Waals surface area contributed by atoms with Gasteiger partial charge in [-0.05, 0) is 35.2 Å². The van der Waals surface area contributed by atoms with E-state index in [2.05, 4.69) is 24.9 Å². The summed E-state index contributed by atoms with van der Waals surface area (Å²) in [7, 11) is 0. The average Bonchev–Trinajstić information content (AvgIpc) is 3.74. The summed E-state index contributed by atoms with van der Waals surface area (Å²) >= 11 is 0. The second kappa shape index (κ2) is 7.81. The molecule has 8 rings (SSSR count). The molecule has 5 N–H and O–H groups in total. The number of amides is 1. The minimum Gasteiger partial charge on any atom is -0.507 e. The third kappa shape index (κ3) is 3.08. The van der Waals surface area contributed by atoms with Gasteiger partial charge < -0.3 is 29.5 Å². The Hall–Kier alpha value is -5.38. The van der Waals surface area contributed by atoms with Crippen molar-refractivity contribution in [3.05, 3.63) is 90.2 Å². The molecule has 0 saturated carbocycles. The summed E-state index contributed by atoms with van der Waals surface area (Å²) in [5.41, 5.74) is 5.40. The predicted molar refractivity (Wildman–Crippen MR) is 148 cm³/mol. The van der Waals surface area contributed by atoms with Gasteiger partial charge in [0.05, 0.1) is 18.3 Å². The zero-order chi connectivity index (χ0) is 26.2. The van der Waals surface area contributed by atoms with E-state index in [1.54, 1.807) is 23.6 Å². The summed E-state index contributed by atoms with van der Waals surface area (Å²) in [6.45, 7) is 0.912. The lowest BCUT2D eigenvalue weighted by molar-refractivity contribution is 0.0984. The normalized spacial score (nSPS) is 15.2. The molecule has 10 nitrogen and oxygen atoms in total. The first-order valence-corrected chi connectivity index (χ1v) is 12.7. The number of aromatic nitrogens is 6. The van der Waals surface area contributed by atoms with Gasteiger partial charge in [-0.25, -0.2) is 9.97 Å². The second-order valence-electron chi connectivity index (χ2n) is 9.98. The number of aromatic hydroxyl groups is 1. The van der Waals surface area contributed by atoms with Crippen molar-refractivity contribution < 1.29 is 9.90 Å². The van der Waals surface area contributed by atoms with Crippen LogP contribution in [0.5, 0.6) is 5.75 Å². The monoisotopic (exact) mass is 514 g/mol. The largest absolute Gasteiger partial charge is 0.507 e. The number of benzene rings is 3. The lowest BCUT2D eigenvalue weighted by atomic mass is 9.94. The molecule has 10 heteroatoms. The number of hydrogen-bond donors (Lipinski definition) is 5. The van der Waals surface area contributed by atoms with Crippen LogP contribution < -0.4 is 10.4 Å². The van der Waals surface area contributed by atoms with Crippen molar-refractivity contribution in [3.63, 3.8) is 0 Å². The lowest BCUT2D eigenvalue weighted by Gasteiger charge is -2.18. The molecule has 0 unspecified atom stereocenters. The second-order valence-corrected chi connectivity index (χ2v) is 9.98. The van der Waals surface area contributed by atoms with Crippen LogP contribution in [0.4, 0.5) is 5.69 Å². The minimum atomic E-state index is -0.164. The predicted octanol–water partition coefficient (Wildman–Crippen LogP) is 4.50. The minimum absolute atomic E-state index is 0.0986. The number of nitrogens with one attached hydrogen (secondary N) is 4. The van der Waals surface area contributed by atoms with Gasteiger partial charge >= 0.3 is 0 Å². The van der Waals surface area contributed by atoms with E-state index in [4.69, 9.17) is 5.41 Å². The summed E-state index contributed by atoms with van der Waals surface area (Å²) in [6.07, 6.45) is 5.08. The Morgan fingerprint density at radius 1 is 1.00 bits per heavy atom. The number of imidazole rings is 1. The molecular weight excluding hydrogens is 492 g/mol. The Bertz CT molecular complexity index is 2170. The number of phenolic OH excluding ortho intramolecular Hbond substituents is 1. The van der Waals surface area contributed by atoms with Crippen molar-refractivity contribution >= 4 is 55.3 Å². The number of phenols is 1. The highest BCUT2D eigenvalue weighted by Crippen LogP contribution is 2.46. The van der Waals surface area contributed by atoms with Crippen molar-refractivity contribution in [3.8, 4) is 5.75 Å². The van der Waals surface area contributed by atoms with Gasteiger partial charge in [-0.15, -0.1) is 0 Å². The van der Waals surface area contributed by atoms with Gasteiger partial charge in [-0.3, -0.25) is 10.2 Å². The smallest absolute Gasteiger partial charge is 0.274 e. The summed E-state index contributed by atoms with van der Waals surface area (Å²) in [5.74, 6) is -0.127. The summed E-state index contributed by atoms with van der Waals surface area (Å²) < 4.78 is 1.92. The first-order valence-electron chi connectivity index (χ1n) is 12.7. The van der Waals surface area contributed by atoms with E-state index in [0.29, 0.717) is 35.6 Å². The van der Waals surface area contributed by atoms with E-state index in [1.165, 1.54) is 0 Å². The molecule has 0 fully saturated rings. The lowest BCUT2D eigenvalue weighted by Crippen LogP contribution is -2.31. The van der Waals surface area contributed by atoms with E-state index in [0.717, 1.165) is 38.1 Å². The SMILES string of the molecule is N=c1ncn(C[C@@H]2CN(C(=O)c3cc4c(ccc5[nH]ccc54)[nH]3)c3cc(O)c4ccccc4c32)c2nc[nH]c12. The number of hydrogen-bond acceptors (Lipinski definition) is 5. The molecule has 1 aliphatic heterocycles. The van der Waals surface area contributed by atoms with Gasteiger partial charge in [0.25, 0.3) is 5.91 Å². The fraction of sp³-hybridized carbons (Fsp3) is 0.103. The Kier molecular flexibility index (Phi) is 4.34. The van der Waals surface area contributed by atoms with Crippen molar-refractivity contribution in [1.82, 2.24) is 29.5 Å². The van der Waals surface area contributed by atoms with Crippen LogP contribution in [0.15, 0.2) is 73.4 Å². The molecule has 0 aliphatic carbocycles. The van der Waals surface area contributed by atoms with Crippen LogP contribution in [0.25, 0.3) is 43.7 Å². The van der Waals surface area contributed by atoms with Crippen molar-refractivity contribution in [2.45, 2.75) is 12.5 Å². The average molecular weight is 515 g/mol. The number of carbonyl (C=O) groups is 1. The molecule has 1 amide bonds. The number of H-pyrrole nitrogens is 3. The van der Waals surface area contributed by atoms with E-state index in [-0.39, 0.29) is 23.1 Å². The van der Waals surface area contributed by atoms with Crippen molar-refractivity contribution in [2.75, 3.05) is 11.4 Å². The van der Waals surface area contributed by atoms with Crippen LogP contribution in [0.3, 0.4) is 0 Å². The van der Waals surface area contributed by atoms with Crippen LogP contribution in [0.2, 0.25) is 0 Å². The van der Waals surface area contributed by atoms with E-state index in [9.17, 15) is 9.90 Å². The maximum absolute atomic E-state index is 14.1. The molecule has 7 aromatic rings. The van der Waals surface area contributed by atoms with Gasteiger partial charge in [0, 0.05) is 58.5 Å². The summed E-state index contributed by atoms with van der Waals surface area (Å²) in [6, 6.07) is 17.3. The fourth-order valence-corrected chi connectivity index (χ4v) is 6.07. The highest BCUT2D eigenvalue weighted by atomic mass is 16.3. The Labute approximate surface area is 220 Å². The quantitative estimate of drug-likeness (QED) is 0.237. The molecule has 1 atom stereocenters. The molecule has 5 heterocycles. The van der Waals surface area contributed by atoms with E-state index >= 15 is 0 Å². The molecule has 39 heavy (non-hydrogen) atoms. The Morgan fingerprint density at radius 2 is 1.85 bits per heavy atom. The third-order valence-corrected chi connectivity index (χ3v) is 7.83. The molecule has 190 valence electrons. The number of anilines is 1. The van der Waals surface area contributed by atoms with Crippen LogP contribution >= 0.6 is 0 Å². The molecule has 0 radical (unpaired) electrons. The Morgan fingerprint density at radius 3 is 2.74 bits per heavy atom. The Balaban J connectivity index is 1.27. The fourth-order valence-electron chi connectivity index (χ4n) is 6.07. The highest BCUT2D eigenvalue weighted by Gasteiger charge is 2.36. The highest BCUT2D eigenvalue weighted by molar-refractivity contribution is 6.14. The number of nitrogens with zero attached hydrogens (tertiary/aromatic N) is 4. The van der Waals surface area contributed by atoms with Gasteiger partial charge in [0.15, 0.2) is 11.1 Å². The zero-order valence-corrected chi connectivity index (χ0v) is 20.6. The number of aromatic amines is 3. The van der Waals surface area contributed by atoms with Crippen LogP contribution in [0.1, 0.15) is 22.0 Å². The first kappa shape index (κ1) is 21.7. The first-order chi connectivity index (χ1) is 19.1. The van der Waals surface area contributed by atoms with Crippen molar-refractivity contribution in [1.29, 1.82) is 5.41 Å². The van der Waals surface area contributed by atoms with Crippen LogP contribution in [0, 0.1) is 5.41 Å². The van der Waals surface area contributed by atoms with Crippen LogP contribution in [-0.2, 0) is 6.54 Å². The topological polar surface area (TPSA) is 142 Å². The number of rotatable bonds is 3. The maximum Gasteiger partial charge on any atom is 0.274 e. The van der Waals surface area contributed by atoms with Crippen molar-refractivity contribution in [2.24, 2.45) is 0 Å². The maximum atomic E-state index is 14.1. The third-order valence-electron chi connectivity index (χ3n) is 7.83.